The molecule has 0 N–H and O–H groups in total. The van der Waals surface area contributed by atoms with Crippen molar-refractivity contribution in [3.8, 4) is 0 Å². The summed E-state index contributed by atoms with van der Waals surface area (Å²) in [5.74, 6) is 1.77. The third-order valence-electron chi connectivity index (χ3n) is 3.09. The third-order valence-corrected chi connectivity index (χ3v) is 7.00. The van der Waals surface area contributed by atoms with Crippen molar-refractivity contribution in [3.05, 3.63) is 11.0 Å². The minimum absolute atomic E-state index is 0.573. The van der Waals surface area contributed by atoms with Crippen molar-refractivity contribution in [1.29, 1.82) is 0 Å². The van der Waals surface area contributed by atoms with Crippen molar-refractivity contribution < 1.29 is 4.74 Å². The zero-order valence-corrected chi connectivity index (χ0v) is 16.4. The fourth-order valence-corrected chi connectivity index (χ4v) is 5.79. The van der Waals surface area contributed by atoms with Gasteiger partial charge in [0.1, 0.15) is 0 Å². The first-order valence-electron chi connectivity index (χ1n) is 8.72. The molecule has 120 valence electrons. The molecular weight excluding hydrogens is 259 g/mol. The number of allylic oxidation sites excluding steroid dienone is 1. The molecule has 0 amide bonds. The van der Waals surface area contributed by atoms with E-state index in [2.05, 4.69) is 45.6 Å². The van der Waals surface area contributed by atoms with Crippen molar-refractivity contribution >= 4 is 14.1 Å². The van der Waals surface area contributed by atoms with Crippen LogP contribution in [0.1, 0.15) is 67.7 Å². The molecule has 0 aliphatic rings. The minimum Gasteiger partial charge on any atom is -0.382 e. The molecule has 0 spiro atoms. The van der Waals surface area contributed by atoms with Gasteiger partial charge in [0.05, 0.1) is 0 Å². The van der Waals surface area contributed by atoms with E-state index in [1.165, 1.54) is 29.8 Å². The fraction of sp³-hybridized carbons (Fsp3) is 0.889. The average Bonchev–Trinajstić information content (AvgIpc) is 2.35. The molecule has 20 heavy (non-hydrogen) atoms. The highest BCUT2D eigenvalue weighted by Gasteiger charge is 2.16. The van der Waals surface area contributed by atoms with Gasteiger partial charge >= 0.3 is 0 Å². The fourth-order valence-electron chi connectivity index (χ4n) is 2.28. The number of rotatable bonds is 10. The Balaban J connectivity index is 0. The van der Waals surface area contributed by atoms with Gasteiger partial charge in [0, 0.05) is 13.2 Å². The maximum Gasteiger partial charge on any atom is 0.294 e. The number of ether oxygens (including phenoxy) is 1. The molecule has 0 saturated carbocycles. The largest absolute Gasteiger partial charge is 0.382 e. The molecule has 0 aromatic rings. The number of hydrogen-bond acceptors (Lipinski definition) is 1. The van der Waals surface area contributed by atoms with Crippen LogP contribution in [-0.4, -0.2) is 27.4 Å². The highest BCUT2D eigenvalue weighted by molar-refractivity contribution is 6.64. The summed E-state index contributed by atoms with van der Waals surface area (Å²) >= 11 is -0.573. The maximum atomic E-state index is 4.83. The van der Waals surface area contributed by atoms with E-state index in [1.807, 2.05) is 13.8 Å². The van der Waals surface area contributed by atoms with Gasteiger partial charge in [-0.3, -0.25) is 0 Å². The third kappa shape index (κ3) is 20.5. The van der Waals surface area contributed by atoms with Crippen LogP contribution in [0.2, 0.25) is 10.6 Å². The molecule has 0 fully saturated rings. The van der Waals surface area contributed by atoms with E-state index in [-0.39, 0.29) is 0 Å². The predicted octanol–water partition coefficient (Wildman–Crippen LogP) is 6.12. The highest BCUT2D eigenvalue weighted by atomic mass is 27.2. The lowest BCUT2D eigenvalue weighted by atomic mass is 10.2. The van der Waals surface area contributed by atoms with Gasteiger partial charge in [-0.2, -0.15) is 0 Å². The van der Waals surface area contributed by atoms with Crippen LogP contribution in [0.3, 0.4) is 0 Å². The van der Waals surface area contributed by atoms with Gasteiger partial charge in [-0.25, -0.2) is 0 Å². The second kappa shape index (κ2) is 17.3. The summed E-state index contributed by atoms with van der Waals surface area (Å²) in [6.45, 7) is 17.4. The van der Waals surface area contributed by atoms with Gasteiger partial charge in [-0.05, 0) is 20.3 Å². The van der Waals surface area contributed by atoms with Crippen LogP contribution in [0.15, 0.2) is 11.0 Å². The molecule has 1 nitrogen and oxygen atoms in total. The summed E-state index contributed by atoms with van der Waals surface area (Å²) in [7, 11) is 0. The van der Waals surface area contributed by atoms with Crippen LogP contribution < -0.4 is 0 Å². The lowest BCUT2D eigenvalue weighted by Crippen LogP contribution is -2.15. The Kier molecular flexibility index (Phi) is 19.5. The van der Waals surface area contributed by atoms with E-state index in [0.29, 0.717) is 0 Å². The smallest absolute Gasteiger partial charge is 0.294 e. The summed E-state index contributed by atoms with van der Waals surface area (Å²) in [5.41, 5.74) is 0. The first-order chi connectivity index (χ1) is 9.47. The van der Waals surface area contributed by atoms with E-state index in [9.17, 15) is 0 Å². The Morgan fingerprint density at radius 1 is 0.900 bits per heavy atom. The van der Waals surface area contributed by atoms with Crippen LogP contribution in [0.4, 0.5) is 0 Å². The van der Waals surface area contributed by atoms with E-state index >= 15 is 0 Å². The van der Waals surface area contributed by atoms with Crippen molar-refractivity contribution in [2.24, 2.45) is 11.8 Å². The molecule has 0 radical (unpaired) electrons. The zero-order chi connectivity index (χ0) is 15.8. The Hall–Kier alpha value is 0.232. The van der Waals surface area contributed by atoms with Gasteiger partial charge in [0.25, 0.3) is 14.1 Å². The topological polar surface area (TPSA) is 9.23 Å². The van der Waals surface area contributed by atoms with Gasteiger partial charge in [-0.15, -0.1) is 11.0 Å². The number of hydrogen-bond donors (Lipinski definition) is 0. The molecule has 0 saturated heterocycles. The summed E-state index contributed by atoms with van der Waals surface area (Å²) in [6, 6.07) is 0. The Bertz CT molecular complexity index is 188. The molecule has 0 aliphatic carbocycles. The second-order valence-corrected chi connectivity index (χ2v) is 9.22. The maximum absolute atomic E-state index is 4.83. The van der Waals surface area contributed by atoms with Gasteiger partial charge in [0.2, 0.25) is 0 Å². The quantitative estimate of drug-likeness (QED) is 0.348. The van der Waals surface area contributed by atoms with Crippen molar-refractivity contribution in [2.45, 2.75) is 78.3 Å². The molecule has 0 rings (SSSR count). The van der Waals surface area contributed by atoms with Crippen LogP contribution in [0.5, 0.6) is 0 Å². The molecule has 0 aromatic heterocycles. The van der Waals surface area contributed by atoms with E-state index < -0.39 is 14.1 Å². The minimum atomic E-state index is -0.573. The first kappa shape index (κ1) is 22.5. The van der Waals surface area contributed by atoms with Gasteiger partial charge < -0.3 is 4.74 Å². The van der Waals surface area contributed by atoms with Crippen molar-refractivity contribution in [2.75, 3.05) is 13.2 Å². The molecule has 0 heterocycles. The Labute approximate surface area is 133 Å². The summed E-state index contributed by atoms with van der Waals surface area (Å²) in [4.78, 5) is 2.61. The molecule has 0 atom stereocenters. The van der Waals surface area contributed by atoms with Crippen molar-refractivity contribution in [1.82, 2.24) is 0 Å². The molecular formula is C18H39AlO. The molecule has 0 aliphatic heterocycles. The summed E-state index contributed by atoms with van der Waals surface area (Å²) in [6.07, 6.45) is 6.45. The monoisotopic (exact) mass is 298 g/mol. The standard InChI is InChI=1S/C6H11.C4H10O.2C4H9.Al/c1-3-5-6-4-2;1-3-5-4-2;2*1-4(2)3;/h1,3H,4-6H2,2H3;3-4H2,1-2H3;2*4H,1H2,2-3H3;. The normalized spacial score (nSPS) is 11.1. The van der Waals surface area contributed by atoms with Gasteiger partial charge in [-0.1, -0.05) is 69.9 Å². The summed E-state index contributed by atoms with van der Waals surface area (Å²) < 4.78 is 4.83. The predicted molar refractivity (Wildman–Crippen MR) is 95.9 cm³/mol. The summed E-state index contributed by atoms with van der Waals surface area (Å²) in [5, 5.41) is 2.97. The molecule has 0 bridgehead atoms. The Morgan fingerprint density at radius 3 is 1.70 bits per heavy atom. The SMILES string of the molecule is CCCC/C=[CH]/[Al]([CH2]C(C)C)[CH2]C(C)C.CCOCC. The lowest BCUT2D eigenvalue weighted by molar-refractivity contribution is 0.162. The lowest BCUT2D eigenvalue weighted by Gasteiger charge is -2.12. The second-order valence-electron chi connectivity index (χ2n) is 6.37. The van der Waals surface area contributed by atoms with E-state index in [0.717, 1.165) is 25.0 Å². The average molecular weight is 298 g/mol. The molecule has 0 aromatic carbocycles. The van der Waals surface area contributed by atoms with E-state index in [1.54, 1.807) is 0 Å². The number of unbranched alkanes of at least 4 members (excludes halogenated alkanes) is 2. The van der Waals surface area contributed by atoms with Crippen LogP contribution in [0.25, 0.3) is 0 Å². The van der Waals surface area contributed by atoms with E-state index in [4.69, 9.17) is 4.74 Å². The molecule has 0 unspecified atom stereocenters. The van der Waals surface area contributed by atoms with Crippen molar-refractivity contribution in [3.63, 3.8) is 0 Å². The van der Waals surface area contributed by atoms with Gasteiger partial charge in [0.15, 0.2) is 0 Å². The van der Waals surface area contributed by atoms with Crippen LogP contribution >= 0.6 is 0 Å². The Morgan fingerprint density at radius 2 is 1.40 bits per heavy atom. The van der Waals surface area contributed by atoms with Crippen LogP contribution in [-0.2, 0) is 4.74 Å². The highest BCUT2D eigenvalue weighted by Crippen LogP contribution is 2.15. The zero-order valence-electron chi connectivity index (χ0n) is 15.2. The first-order valence-corrected chi connectivity index (χ1v) is 11.0. The van der Waals surface area contributed by atoms with Crippen LogP contribution in [0, 0.1) is 11.8 Å². The molecule has 2 heteroatoms.